The van der Waals surface area contributed by atoms with Crippen LogP contribution in [0.4, 0.5) is 0 Å². The quantitative estimate of drug-likeness (QED) is 0.473. The largest absolute Gasteiger partial charge is 0.479 e. The number of aliphatic carboxylic acids is 1. The molecule has 1 atom stereocenters. The summed E-state index contributed by atoms with van der Waals surface area (Å²) in [5.74, 6) is -0.408. The van der Waals surface area contributed by atoms with Crippen LogP contribution in [-0.4, -0.2) is 33.3 Å². The molecule has 9 heavy (non-hydrogen) atoms. The molecule has 0 rings (SSSR count). The fourth-order valence-electron chi connectivity index (χ4n) is 0.227. The highest BCUT2D eigenvalue weighted by Gasteiger charge is 2.11. The zero-order chi connectivity index (χ0) is 7.28. The second-order valence-corrected chi connectivity index (χ2v) is 2.82. The summed E-state index contributed by atoms with van der Waals surface area (Å²) < 4.78 is 0. The Kier molecular flexibility index (Phi) is 4.94. The van der Waals surface area contributed by atoms with E-state index < -0.39 is 11.4 Å². The molecule has 0 aliphatic rings. The summed E-state index contributed by atoms with van der Waals surface area (Å²) in [6.45, 7) is 0. The Bertz CT molecular complexity index is 97.8. The lowest BCUT2D eigenvalue weighted by Crippen LogP contribution is -2.15. The van der Waals surface area contributed by atoms with Crippen molar-refractivity contribution in [2.75, 3.05) is 11.6 Å². The van der Waals surface area contributed by atoms with E-state index in [2.05, 4.69) is 0 Å². The van der Waals surface area contributed by atoms with Gasteiger partial charge in [-0.05, 0) is 0 Å². The average molecular weight is 171 g/mol. The van der Waals surface area contributed by atoms with Gasteiger partial charge in [0.15, 0.2) is 5.44 Å². The van der Waals surface area contributed by atoms with E-state index in [1.54, 1.807) is 0 Å². The molecule has 0 aliphatic carbocycles. The Hall–Kier alpha value is 0.0700. The molecule has 3 nitrogen and oxygen atoms in total. The van der Waals surface area contributed by atoms with Crippen LogP contribution in [0, 0.1) is 0 Å². The van der Waals surface area contributed by atoms with Crippen molar-refractivity contribution in [2.24, 2.45) is 0 Å². The third-order valence-corrected chi connectivity index (χ3v) is 1.93. The molecule has 5 heteroatoms. The lowest BCUT2D eigenvalue weighted by molar-refractivity contribution is -0.141. The third kappa shape index (κ3) is 4.57. The monoisotopic (exact) mass is 170 g/mol. The van der Waals surface area contributed by atoms with Gasteiger partial charge in [0.2, 0.25) is 0 Å². The number of alkyl halides is 1. The van der Waals surface area contributed by atoms with E-state index in [9.17, 15) is 4.79 Å². The highest BCUT2D eigenvalue weighted by atomic mass is 35.5. The molecule has 2 N–H and O–H groups in total. The summed E-state index contributed by atoms with van der Waals surface area (Å²) >= 11 is 6.13. The smallest absolute Gasteiger partial charge is 0.343 e. The second-order valence-electron chi connectivity index (χ2n) is 1.25. The van der Waals surface area contributed by atoms with E-state index in [0.29, 0.717) is 11.6 Å². The number of aliphatic hydroxyl groups excluding tert-OH is 1. The predicted octanol–water partition coefficient (Wildman–Crippen LogP) is 0.361. The molecule has 0 aromatic rings. The fraction of sp³-hybridized carbons (Fsp3) is 0.750. The molecule has 0 aromatic carbocycles. The maximum atomic E-state index is 9.89. The second kappa shape index (κ2) is 4.90. The van der Waals surface area contributed by atoms with Crippen molar-refractivity contribution in [1.82, 2.24) is 0 Å². The van der Waals surface area contributed by atoms with Crippen molar-refractivity contribution >= 4 is 29.3 Å². The van der Waals surface area contributed by atoms with Gasteiger partial charge in [0.25, 0.3) is 0 Å². The zero-order valence-electron chi connectivity index (χ0n) is 4.58. The number of hydrogen-bond donors (Lipinski definition) is 2. The topological polar surface area (TPSA) is 57.5 Å². The van der Waals surface area contributed by atoms with Gasteiger partial charge in [0.1, 0.15) is 0 Å². The Morgan fingerprint density at radius 1 is 1.78 bits per heavy atom. The van der Waals surface area contributed by atoms with Gasteiger partial charge < -0.3 is 10.2 Å². The van der Waals surface area contributed by atoms with Crippen LogP contribution >= 0.6 is 23.4 Å². The predicted molar refractivity (Wildman–Crippen MR) is 36.8 cm³/mol. The van der Waals surface area contributed by atoms with Gasteiger partial charge in [-0.15, -0.1) is 23.4 Å². The van der Waals surface area contributed by atoms with Crippen LogP contribution in [0.5, 0.6) is 0 Å². The molecule has 0 fully saturated rings. The standard InChI is InChI=1S/C4H7ClO3S/c5-1-2-9-4(8)3(6)7/h4,8H,1-2H2,(H,6,7). The van der Waals surface area contributed by atoms with Crippen molar-refractivity contribution in [1.29, 1.82) is 0 Å². The molecule has 0 radical (unpaired) electrons. The summed E-state index contributed by atoms with van der Waals surface area (Å²) in [6.07, 6.45) is 0. The minimum Gasteiger partial charge on any atom is -0.479 e. The number of halogens is 1. The van der Waals surface area contributed by atoms with Crippen molar-refractivity contribution in [3.63, 3.8) is 0 Å². The van der Waals surface area contributed by atoms with Crippen LogP contribution in [-0.2, 0) is 4.79 Å². The first kappa shape index (κ1) is 9.07. The van der Waals surface area contributed by atoms with Crippen LogP contribution < -0.4 is 0 Å². The number of rotatable bonds is 4. The summed E-state index contributed by atoms with van der Waals surface area (Å²) in [5, 5.41) is 16.7. The number of carboxylic acid groups (broad SMARTS) is 1. The van der Waals surface area contributed by atoms with Gasteiger partial charge in [-0.1, -0.05) is 0 Å². The number of aliphatic hydroxyl groups is 1. The van der Waals surface area contributed by atoms with Crippen LogP contribution in [0.2, 0.25) is 0 Å². The molecule has 54 valence electrons. The summed E-state index contributed by atoms with van der Waals surface area (Å²) in [6, 6.07) is 0. The van der Waals surface area contributed by atoms with Crippen LogP contribution in [0.15, 0.2) is 0 Å². The molecular weight excluding hydrogens is 164 g/mol. The van der Waals surface area contributed by atoms with Gasteiger partial charge in [-0.3, -0.25) is 0 Å². The molecule has 0 saturated carbocycles. The lowest BCUT2D eigenvalue weighted by Gasteiger charge is -2.00. The van der Waals surface area contributed by atoms with Crippen molar-refractivity contribution < 1.29 is 15.0 Å². The van der Waals surface area contributed by atoms with Crippen molar-refractivity contribution in [3.05, 3.63) is 0 Å². The lowest BCUT2D eigenvalue weighted by atomic mass is 10.7. The molecule has 0 spiro atoms. The number of hydrogen-bond acceptors (Lipinski definition) is 3. The summed E-state index contributed by atoms with van der Waals surface area (Å²) in [7, 11) is 0. The maximum Gasteiger partial charge on any atom is 0.343 e. The summed E-state index contributed by atoms with van der Waals surface area (Å²) in [5.41, 5.74) is -1.33. The zero-order valence-corrected chi connectivity index (χ0v) is 6.15. The fourth-order valence-corrected chi connectivity index (χ4v) is 0.950. The van der Waals surface area contributed by atoms with E-state index in [1.165, 1.54) is 0 Å². The van der Waals surface area contributed by atoms with Gasteiger partial charge in [0, 0.05) is 11.6 Å². The van der Waals surface area contributed by atoms with Crippen LogP contribution in [0.1, 0.15) is 0 Å². The summed E-state index contributed by atoms with van der Waals surface area (Å²) in [4.78, 5) is 9.89. The first-order valence-corrected chi connectivity index (χ1v) is 3.85. The van der Waals surface area contributed by atoms with Crippen LogP contribution in [0.25, 0.3) is 0 Å². The molecule has 0 heterocycles. The minimum absolute atomic E-state index is 0.356. The first-order chi connectivity index (χ1) is 4.18. The van der Waals surface area contributed by atoms with E-state index in [-0.39, 0.29) is 0 Å². The molecule has 0 aromatic heterocycles. The van der Waals surface area contributed by atoms with Gasteiger partial charge in [-0.2, -0.15) is 0 Å². The van der Waals surface area contributed by atoms with Gasteiger partial charge in [-0.25, -0.2) is 4.79 Å². The third-order valence-electron chi connectivity index (χ3n) is 0.564. The molecule has 0 bridgehead atoms. The Morgan fingerprint density at radius 3 is 2.67 bits per heavy atom. The number of thioether (sulfide) groups is 1. The Morgan fingerprint density at radius 2 is 2.33 bits per heavy atom. The molecule has 0 saturated heterocycles. The Labute approximate surface area is 62.0 Å². The highest BCUT2D eigenvalue weighted by molar-refractivity contribution is 8.00. The van der Waals surface area contributed by atoms with E-state index >= 15 is 0 Å². The number of carboxylic acids is 1. The van der Waals surface area contributed by atoms with Gasteiger partial charge >= 0.3 is 5.97 Å². The minimum atomic E-state index is -1.33. The number of carbonyl (C=O) groups is 1. The highest BCUT2D eigenvalue weighted by Crippen LogP contribution is 2.07. The van der Waals surface area contributed by atoms with E-state index in [0.717, 1.165) is 11.8 Å². The molecular formula is C4H7ClO3S. The first-order valence-electron chi connectivity index (χ1n) is 2.27. The SMILES string of the molecule is O=C(O)C(O)SCCCl. The van der Waals surface area contributed by atoms with Crippen molar-refractivity contribution in [3.8, 4) is 0 Å². The van der Waals surface area contributed by atoms with Crippen LogP contribution in [0.3, 0.4) is 0 Å². The molecule has 0 aliphatic heterocycles. The van der Waals surface area contributed by atoms with E-state index in [1.807, 2.05) is 0 Å². The Balaban J connectivity index is 3.27. The van der Waals surface area contributed by atoms with Gasteiger partial charge in [0.05, 0.1) is 0 Å². The maximum absolute atomic E-state index is 9.89. The average Bonchev–Trinajstić information content (AvgIpc) is 1.82. The molecule has 0 amide bonds. The van der Waals surface area contributed by atoms with Crippen molar-refractivity contribution in [2.45, 2.75) is 5.44 Å². The normalized spacial score (nSPS) is 13.1. The molecule has 1 unspecified atom stereocenters. The van der Waals surface area contributed by atoms with E-state index in [4.69, 9.17) is 21.8 Å².